The summed E-state index contributed by atoms with van der Waals surface area (Å²) in [5.74, 6) is 0.808. The zero-order valence-electron chi connectivity index (χ0n) is 12.6. The van der Waals surface area contributed by atoms with E-state index in [0.717, 1.165) is 25.0 Å². The van der Waals surface area contributed by atoms with E-state index in [1.165, 1.54) is 51.5 Å². The van der Waals surface area contributed by atoms with Crippen molar-refractivity contribution in [1.82, 2.24) is 10.6 Å². The number of hydrogen-bond acceptors (Lipinski definition) is 3. The summed E-state index contributed by atoms with van der Waals surface area (Å²) < 4.78 is 6.51. The van der Waals surface area contributed by atoms with Gasteiger partial charge in [-0.05, 0) is 57.4 Å². The summed E-state index contributed by atoms with van der Waals surface area (Å²) >= 11 is 0. The van der Waals surface area contributed by atoms with Crippen LogP contribution in [-0.4, -0.2) is 36.9 Å². The fourth-order valence-electron chi connectivity index (χ4n) is 3.67. The summed E-state index contributed by atoms with van der Waals surface area (Å²) in [4.78, 5) is 0. The first-order valence-corrected chi connectivity index (χ1v) is 8.26. The molecule has 0 atom stereocenters. The van der Waals surface area contributed by atoms with Crippen LogP contribution in [0.1, 0.15) is 58.8 Å². The molecule has 1 aliphatic heterocycles. The molecule has 1 heterocycles. The third-order valence-electron chi connectivity index (χ3n) is 5.19. The molecule has 0 aromatic rings. The highest BCUT2D eigenvalue weighted by Crippen LogP contribution is 2.47. The van der Waals surface area contributed by atoms with Crippen molar-refractivity contribution in [2.75, 3.05) is 19.6 Å². The monoisotopic (exact) mass is 266 g/mol. The first-order valence-electron chi connectivity index (χ1n) is 8.26. The molecule has 2 N–H and O–H groups in total. The minimum atomic E-state index is 0.172. The molecule has 1 saturated heterocycles. The second-order valence-corrected chi connectivity index (χ2v) is 7.48. The van der Waals surface area contributed by atoms with E-state index >= 15 is 0 Å². The van der Waals surface area contributed by atoms with E-state index in [1.54, 1.807) is 0 Å². The van der Waals surface area contributed by atoms with Gasteiger partial charge in [-0.3, -0.25) is 0 Å². The number of rotatable bonds is 4. The summed E-state index contributed by atoms with van der Waals surface area (Å²) in [7, 11) is 0. The third-order valence-corrected chi connectivity index (χ3v) is 5.19. The number of ether oxygens (including phenoxy) is 1. The molecule has 3 rings (SSSR count). The molecule has 0 unspecified atom stereocenters. The predicted molar refractivity (Wildman–Crippen MR) is 78.4 cm³/mol. The van der Waals surface area contributed by atoms with Crippen LogP contribution in [0.2, 0.25) is 0 Å². The first kappa shape index (κ1) is 13.8. The quantitative estimate of drug-likeness (QED) is 0.820. The van der Waals surface area contributed by atoms with Gasteiger partial charge in [0.25, 0.3) is 0 Å². The fourth-order valence-corrected chi connectivity index (χ4v) is 3.67. The molecular formula is C16H30N2O. The van der Waals surface area contributed by atoms with Crippen LogP contribution < -0.4 is 10.6 Å². The number of morpholine rings is 1. The summed E-state index contributed by atoms with van der Waals surface area (Å²) in [6, 6.07) is 0.727. The van der Waals surface area contributed by atoms with Crippen molar-refractivity contribution in [2.24, 2.45) is 5.92 Å². The molecule has 2 spiro atoms. The van der Waals surface area contributed by atoms with Gasteiger partial charge >= 0.3 is 0 Å². The van der Waals surface area contributed by atoms with Crippen molar-refractivity contribution in [3.63, 3.8) is 0 Å². The van der Waals surface area contributed by atoms with Gasteiger partial charge in [0.1, 0.15) is 0 Å². The van der Waals surface area contributed by atoms with E-state index in [9.17, 15) is 0 Å². The summed E-state index contributed by atoms with van der Waals surface area (Å²) in [5.41, 5.74) is 0.418. The molecule has 0 bridgehead atoms. The Labute approximate surface area is 117 Å². The van der Waals surface area contributed by atoms with Crippen LogP contribution in [0.3, 0.4) is 0 Å². The smallest absolute Gasteiger partial charge is 0.0816 e. The molecule has 3 fully saturated rings. The maximum absolute atomic E-state index is 6.51. The predicted octanol–water partition coefficient (Wildman–Crippen LogP) is 2.46. The second-order valence-electron chi connectivity index (χ2n) is 7.48. The highest BCUT2D eigenvalue weighted by molar-refractivity contribution is 5.06. The lowest BCUT2D eigenvalue weighted by Crippen LogP contribution is -2.57. The Morgan fingerprint density at radius 2 is 1.74 bits per heavy atom. The van der Waals surface area contributed by atoms with Crippen LogP contribution >= 0.6 is 0 Å². The topological polar surface area (TPSA) is 33.3 Å². The van der Waals surface area contributed by atoms with Gasteiger partial charge in [-0.2, -0.15) is 0 Å². The number of nitrogens with one attached hydrogen (secondary N) is 2. The maximum Gasteiger partial charge on any atom is 0.0816 e. The zero-order valence-corrected chi connectivity index (χ0v) is 12.6. The highest BCUT2D eigenvalue weighted by Gasteiger charge is 2.53. The lowest BCUT2D eigenvalue weighted by Gasteiger charge is -2.46. The first-order chi connectivity index (χ1) is 9.12. The van der Waals surface area contributed by atoms with Crippen LogP contribution in [0.4, 0.5) is 0 Å². The average molecular weight is 266 g/mol. The third kappa shape index (κ3) is 3.32. The maximum atomic E-state index is 6.51. The standard InChI is InChI=1S/C16H30N2O/c1-13(2)5-10-18-14-3-6-15(7-4-14)11-17-12-16(19-15)8-9-16/h13-14,17-18H,3-12H2,1-2H3. The van der Waals surface area contributed by atoms with E-state index in [2.05, 4.69) is 24.5 Å². The largest absolute Gasteiger partial charge is 0.366 e. The van der Waals surface area contributed by atoms with Crippen LogP contribution in [0, 0.1) is 5.92 Å². The SMILES string of the molecule is CC(C)CCNC1CCC2(CC1)CNCC1(CC1)O2. The Bertz CT molecular complexity index is 304. The van der Waals surface area contributed by atoms with Crippen LogP contribution in [-0.2, 0) is 4.74 Å². The molecule has 2 saturated carbocycles. The van der Waals surface area contributed by atoms with Crippen molar-refractivity contribution in [3.8, 4) is 0 Å². The lowest BCUT2D eigenvalue weighted by atomic mass is 9.80. The summed E-state index contributed by atoms with van der Waals surface area (Å²) in [6.45, 7) is 7.94. The minimum absolute atomic E-state index is 0.172. The number of hydrogen-bond donors (Lipinski definition) is 2. The van der Waals surface area contributed by atoms with Crippen molar-refractivity contribution < 1.29 is 4.74 Å². The molecule has 19 heavy (non-hydrogen) atoms. The van der Waals surface area contributed by atoms with Crippen molar-refractivity contribution in [3.05, 3.63) is 0 Å². The highest BCUT2D eigenvalue weighted by atomic mass is 16.5. The van der Waals surface area contributed by atoms with Gasteiger partial charge in [-0.1, -0.05) is 13.8 Å². The van der Waals surface area contributed by atoms with Gasteiger partial charge in [-0.25, -0.2) is 0 Å². The Kier molecular flexibility index (Phi) is 3.89. The van der Waals surface area contributed by atoms with Crippen LogP contribution in [0.15, 0.2) is 0 Å². The fraction of sp³-hybridized carbons (Fsp3) is 1.00. The molecule has 3 heteroatoms. The molecule has 0 radical (unpaired) electrons. The van der Waals surface area contributed by atoms with Crippen molar-refractivity contribution in [2.45, 2.75) is 76.0 Å². The molecule has 110 valence electrons. The molecule has 0 aromatic carbocycles. The average Bonchev–Trinajstić information content (AvgIpc) is 3.11. The molecule has 0 amide bonds. The Morgan fingerprint density at radius 1 is 1.11 bits per heavy atom. The second kappa shape index (κ2) is 5.34. The normalized spacial score (nSPS) is 37.1. The summed E-state index contributed by atoms with van der Waals surface area (Å²) in [6.07, 6.45) is 8.90. The van der Waals surface area contributed by atoms with Crippen LogP contribution in [0.5, 0.6) is 0 Å². The molecule has 0 aromatic heterocycles. The Hall–Kier alpha value is -0.120. The molecular weight excluding hydrogens is 236 g/mol. The molecule has 2 aliphatic carbocycles. The van der Waals surface area contributed by atoms with Crippen molar-refractivity contribution >= 4 is 0 Å². The zero-order chi connectivity index (χ0) is 13.3. The summed E-state index contributed by atoms with van der Waals surface area (Å²) in [5, 5.41) is 7.36. The van der Waals surface area contributed by atoms with Gasteiger partial charge < -0.3 is 15.4 Å². The minimum Gasteiger partial charge on any atom is -0.366 e. The van der Waals surface area contributed by atoms with Gasteiger partial charge in [0.2, 0.25) is 0 Å². The Morgan fingerprint density at radius 3 is 2.32 bits per heavy atom. The van der Waals surface area contributed by atoms with Gasteiger partial charge in [0.05, 0.1) is 11.2 Å². The van der Waals surface area contributed by atoms with E-state index in [0.29, 0.717) is 0 Å². The lowest BCUT2D eigenvalue weighted by molar-refractivity contribution is -0.149. The Balaban J connectivity index is 1.44. The van der Waals surface area contributed by atoms with E-state index in [-0.39, 0.29) is 11.2 Å². The van der Waals surface area contributed by atoms with E-state index in [4.69, 9.17) is 4.74 Å². The van der Waals surface area contributed by atoms with Crippen molar-refractivity contribution in [1.29, 1.82) is 0 Å². The van der Waals surface area contributed by atoms with E-state index in [1.807, 2.05) is 0 Å². The van der Waals surface area contributed by atoms with Gasteiger partial charge in [0, 0.05) is 19.1 Å². The van der Waals surface area contributed by atoms with E-state index < -0.39 is 0 Å². The molecule has 3 aliphatic rings. The van der Waals surface area contributed by atoms with Gasteiger partial charge in [0.15, 0.2) is 0 Å². The van der Waals surface area contributed by atoms with Crippen LogP contribution in [0.25, 0.3) is 0 Å². The molecule has 3 nitrogen and oxygen atoms in total. The van der Waals surface area contributed by atoms with Gasteiger partial charge in [-0.15, -0.1) is 0 Å².